The molecule has 2 atom stereocenters. The van der Waals surface area contributed by atoms with Crippen LogP contribution < -0.4 is 4.90 Å². The number of aromatic nitrogens is 2. The van der Waals surface area contributed by atoms with Gasteiger partial charge in [-0.25, -0.2) is 17.7 Å². The zero-order valence-corrected chi connectivity index (χ0v) is 22.1. The van der Waals surface area contributed by atoms with E-state index in [9.17, 15) is 18.0 Å². The number of carbonyl (C=O) groups is 2. The first-order valence-electron chi connectivity index (χ1n) is 12.5. The molecule has 2 aromatic rings. The molecule has 1 aromatic carbocycles. The summed E-state index contributed by atoms with van der Waals surface area (Å²) in [6, 6.07) is 9.74. The van der Waals surface area contributed by atoms with Gasteiger partial charge in [0.1, 0.15) is 5.69 Å². The number of sulfonamides is 1. The van der Waals surface area contributed by atoms with Crippen LogP contribution in [0.2, 0.25) is 0 Å². The van der Waals surface area contributed by atoms with Crippen molar-refractivity contribution >= 4 is 27.5 Å². The lowest BCUT2D eigenvalue weighted by Crippen LogP contribution is -2.46. The van der Waals surface area contributed by atoms with Gasteiger partial charge in [0.15, 0.2) is 0 Å². The molecule has 0 aliphatic carbocycles. The fourth-order valence-corrected chi connectivity index (χ4v) is 6.52. The summed E-state index contributed by atoms with van der Waals surface area (Å²) in [5, 5.41) is 0. The molecule has 0 N–H and O–H groups in total. The normalized spacial score (nSPS) is 22.5. The largest absolute Gasteiger partial charge is 0.369 e. The summed E-state index contributed by atoms with van der Waals surface area (Å²) in [7, 11) is -3.78. The monoisotopic (exact) mass is 524 g/mol. The van der Waals surface area contributed by atoms with Gasteiger partial charge in [-0.2, -0.15) is 0 Å². The lowest BCUT2D eigenvalue weighted by Gasteiger charge is -2.35. The molecule has 0 unspecified atom stereocenters. The SMILES string of the molecule is CC(C)[C@H]1C(=O)N(S(C)(=O)=O)C2=CCN(C(=O)c3cnc(CN4CCN(c5ccccc5)CC4)cn3)[C@@H]21. The molecular weight excluding hydrogens is 492 g/mol. The van der Waals surface area contributed by atoms with Crippen LogP contribution in [0.4, 0.5) is 5.69 Å². The van der Waals surface area contributed by atoms with Crippen LogP contribution in [0.25, 0.3) is 0 Å². The molecule has 11 heteroatoms. The van der Waals surface area contributed by atoms with Gasteiger partial charge in [0, 0.05) is 45.0 Å². The quantitative estimate of drug-likeness (QED) is 0.561. The highest BCUT2D eigenvalue weighted by Crippen LogP contribution is 2.41. The second-order valence-corrected chi connectivity index (χ2v) is 12.0. The molecule has 196 valence electrons. The topological polar surface area (TPSA) is 107 Å². The van der Waals surface area contributed by atoms with Gasteiger partial charge in [-0.15, -0.1) is 0 Å². The number of hydrogen-bond acceptors (Lipinski definition) is 8. The van der Waals surface area contributed by atoms with E-state index < -0.39 is 27.9 Å². The smallest absolute Gasteiger partial charge is 0.274 e. The average Bonchev–Trinajstić information content (AvgIpc) is 3.41. The Morgan fingerprint density at radius 1 is 1.05 bits per heavy atom. The van der Waals surface area contributed by atoms with Gasteiger partial charge in [0.25, 0.3) is 5.91 Å². The predicted molar refractivity (Wildman–Crippen MR) is 139 cm³/mol. The number of amides is 2. The lowest BCUT2D eigenvalue weighted by molar-refractivity contribution is -0.128. The van der Waals surface area contributed by atoms with Crippen molar-refractivity contribution in [3.63, 3.8) is 0 Å². The lowest BCUT2D eigenvalue weighted by atomic mass is 9.89. The van der Waals surface area contributed by atoms with E-state index in [1.807, 2.05) is 19.9 Å². The Balaban J connectivity index is 1.24. The molecule has 10 nitrogen and oxygen atoms in total. The number of anilines is 1. The first-order chi connectivity index (χ1) is 17.6. The fourth-order valence-electron chi connectivity index (χ4n) is 5.50. The number of nitrogens with zero attached hydrogens (tertiary/aromatic N) is 6. The highest BCUT2D eigenvalue weighted by Gasteiger charge is 2.54. The van der Waals surface area contributed by atoms with E-state index in [2.05, 4.69) is 44.0 Å². The van der Waals surface area contributed by atoms with Gasteiger partial charge in [0.05, 0.1) is 42.0 Å². The number of rotatable bonds is 6. The standard InChI is InChI=1S/C26H32N6O4S/c1-18(2)23-24-22(32(26(23)34)37(3,35)36)9-10-31(24)25(33)21-16-27-19(15-28-21)17-29-11-13-30(14-12-29)20-7-5-4-6-8-20/h4-9,15-16,18,23-24H,10-14,17H2,1-3H3/t23-,24+/m1/s1. The molecule has 3 aliphatic heterocycles. The van der Waals surface area contributed by atoms with Crippen molar-refractivity contribution in [1.29, 1.82) is 0 Å². The maximum atomic E-state index is 13.4. The van der Waals surface area contributed by atoms with Crippen molar-refractivity contribution in [3.8, 4) is 0 Å². The van der Waals surface area contributed by atoms with E-state index in [-0.39, 0.29) is 24.1 Å². The Hall–Kier alpha value is -3.31. The fraction of sp³-hybridized carbons (Fsp3) is 0.462. The molecule has 0 radical (unpaired) electrons. The van der Waals surface area contributed by atoms with Gasteiger partial charge < -0.3 is 9.80 Å². The van der Waals surface area contributed by atoms with Gasteiger partial charge in [0.2, 0.25) is 15.9 Å². The second-order valence-electron chi connectivity index (χ2n) is 10.2. The van der Waals surface area contributed by atoms with Crippen LogP contribution in [0.1, 0.15) is 30.0 Å². The summed E-state index contributed by atoms with van der Waals surface area (Å²) in [6.07, 6.45) is 5.78. The summed E-state index contributed by atoms with van der Waals surface area (Å²) in [4.78, 5) is 41.5. The minimum Gasteiger partial charge on any atom is -0.369 e. The van der Waals surface area contributed by atoms with E-state index >= 15 is 0 Å². The van der Waals surface area contributed by atoms with Gasteiger partial charge >= 0.3 is 0 Å². The molecule has 5 rings (SSSR count). The molecular formula is C26H32N6O4S. The molecule has 0 bridgehead atoms. The first kappa shape index (κ1) is 25.3. The van der Waals surface area contributed by atoms with E-state index in [0.29, 0.717) is 12.2 Å². The molecule has 3 aliphatic rings. The highest BCUT2D eigenvalue weighted by molar-refractivity contribution is 7.89. The number of carbonyl (C=O) groups excluding carboxylic acids is 2. The van der Waals surface area contributed by atoms with E-state index in [0.717, 1.165) is 42.4 Å². The molecule has 0 spiro atoms. The highest BCUT2D eigenvalue weighted by atomic mass is 32.2. The molecule has 2 amide bonds. The number of benzene rings is 1. The minimum atomic E-state index is -3.78. The van der Waals surface area contributed by atoms with Crippen molar-refractivity contribution in [2.45, 2.75) is 26.4 Å². The van der Waals surface area contributed by atoms with Crippen LogP contribution in [-0.4, -0.2) is 89.3 Å². The van der Waals surface area contributed by atoms with Crippen molar-refractivity contribution in [2.24, 2.45) is 11.8 Å². The summed E-state index contributed by atoms with van der Waals surface area (Å²) in [5.74, 6) is -1.62. The van der Waals surface area contributed by atoms with Crippen LogP contribution >= 0.6 is 0 Å². The van der Waals surface area contributed by atoms with Crippen LogP contribution in [-0.2, 0) is 21.4 Å². The summed E-state index contributed by atoms with van der Waals surface area (Å²) in [6.45, 7) is 8.26. The molecule has 0 saturated carbocycles. The molecule has 4 heterocycles. The second kappa shape index (κ2) is 9.86. The first-order valence-corrected chi connectivity index (χ1v) is 14.4. The number of para-hydroxylation sites is 1. The van der Waals surface area contributed by atoms with Crippen molar-refractivity contribution in [1.82, 2.24) is 24.1 Å². The van der Waals surface area contributed by atoms with Crippen molar-refractivity contribution in [2.75, 3.05) is 43.9 Å². The zero-order valence-electron chi connectivity index (χ0n) is 21.3. The zero-order chi connectivity index (χ0) is 26.3. The van der Waals surface area contributed by atoms with E-state index in [1.165, 1.54) is 16.8 Å². The molecule has 1 aromatic heterocycles. The van der Waals surface area contributed by atoms with Gasteiger partial charge in [-0.05, 0) is 24.1 Å². The Bertz CT molecular complexity index is 1300. The van der Waals surface area contributed by atoms with Gasteiger partial charge in [-0.3, -0.25) is 19.5 Å². The van der Waals surface area contributed by atoms with Gasteiger partial charge in [-0.1, -0.05) is 32.0 Å². The van der Waals surface area contributed by atoms with Crippen LogP contribution in [0.5, 0.6) is 0 Å². The van der Waals surface area contributed by atoms with Crippen molar-refractivity contribution < 1.29 is 18.0 Å². The average molecular weight is 525 g/mol. The predicted octanol–water partition coefficient (Wildman–Crippen LogP) is 1.58. The Labute approximate surface area is 217 Å². The molecule has 37 heavy (non-hydrogen) atoms. The minimum absolute atomic E-state index is 0.142. The maximum Gasteiger partial charge on any atom is 0.274 e. The van der Waals surface area contributed by atoms with E-state index in [1.54, 1.807) is 12.3 Å². The Morgan fingerprint density at radius 3 is 2.35 bits per heavy atom. The van der Waals surface area contributed by atoms with Crippen LogP contribution in [0.3, 0.4) is 0 Å². The number of fused-ring (bicyclic) bond motifs is 1. The van der Waals surface area contributed by atoms with Crippen LogP contribution in [0.15, 0.2) is 54.5 Å². The van der Waals surface area contributed by atoms with Crippen LogP contribution in [0, 0.1) is 11.8 Å². The molecule has 2 saturated heterocycles. The number of hydrogen-bond donors (Lipinski definition) is 0. The summed E-state index contributed by atoms with van der Waals surface area (Å²) >= 11 is 0. The molecule has 2 fully saturated rings. The number of piperazine rings is 1. The Morgan fingerprint density at radius 2 is 1.76 bits per heavy atom. The van der Waals surface area contributed by atoms with Crippen molar-refractivity contribution in [3.05, 3.63) is 65.9 Å². The third-order valence-electron chi connectivity index (χ3n) is 7.31. The third-order valence-corrected chi connectivity index (χ3v) is 8.36. The maximum absolute atomic E-state index is 13.4. The third kappa shape index (κ3) is 4.85. The summed E-state index contributed by atoms with van der Waals surface area (Å²) < 4.78 is 25.5. The summed E-state index contributed by atoms with van der Waals surface area (Å²) in [5.41, 5.74) is 2.55. The van der Waals surface area contributed by atoms with E-state index in [4.69, 9.17) is 0 Å². The Kier molecular flexibility index (Phi) is 6.76.